The third-order valence-electron chi connectivity index (χ3n) is 2.02. The van der Waals surface area contributed by atoms with Crippen molar-refractivity contribution < 1.29 is 9.90 Å². The minimum absolute atomic E-state index is 0.101. The molecule has 0 fully saturated rings. The molecule has 62 valence electrons. The Bertz CT molecular complexity index is 322. The van der Waals surface area contributed by atoms with Crippen LogP contribution in [0.15, 0.2) is 24.3 Å². The first kappa shape index (κ1) is 7.31. The SMILES string of the molecule is O=C1NC[C@H](O)c2ccccc21. The summed E-state index contributed by atoms with van der Waals surface area (Å²) in [4.78, 5) is 11.2. The summed E-state index contributed by atoms with van der Waals surface area (Å²) in [7, 11) is 0. The molecule has 2 rings (SSSR count). The number of hydrogen-bond acceptors (Lipinski definition) is 2. The van der Waals surface area contributed by atoms with Crippen LogP contribution in [0.5, 0.6) is 0 Å². The first-order valence-electron chi connectivity index (χ1n) is 3.84. The van der Waals surface area contributed by atoms with Gasteiger partial charge in [-0.1, -0.05) is 18.2 Å². The minimum atomic E-state index is -0.557. The van der Waals surface area contributed by atoms with E-state index < -0.39 is 6.10 Å². The zero-order valence-corrected chi connectivity index (χ0v) is 6.45. The molecule has 3 heteroatoms. The lowest BCUT2D eigenvalue weighted by molar-refractivity contribution is 0.0876. The van der Waals surface area contributed by atoms with Gasteiger partial charge in [-0.25, -0.2) is 0 Å². The minimum Gasteiger partial charge on any atom is -0.387 e. The van der Waals surface area contributed by atoms with Gasteiger partial charge in [-0.15, -0.1) is 0 Å². The normalized spacial score (nSPS) is 21.4. The maximum Gasteiger partial charge on any atom is 0.251 e. The van der Waals surface area contributed by atoms with Crippen molar-refractivity contribution in [2.45, 2.75) is 6.10 Å². The van der Waals surface area contributed by atoms with Gasteiger partial charge in [0.05, 0.1) is 6.10 Å². The molecule has 0 aliphatic carbocycles. The van der Waals surface area contributed by atoms with Crippen LogP contribution in [0.1, 0.15) is 22.0 Å². The van der Waals surface area contributed by atoms with E-state index in [1.807, 2.05) is 6.07 Å². The molecule has 0 radical (unpaired) electrons. The first-order valence-corrected chi connectivity index (χ1v) is 3.84. The summed E-state index contributed by atoms with van der Waals surface area (Å²) in [6.07, 6.45) is -0.557. The summed E-state index contributed by atoms with van der Waals surface area (Å²) < 4.78 is 0. The third-order valence-corrected chi connectivity index (χ3v) is 2.02. The van der Waals surface area contributed by atoms with Crippen LogP contribution in [-0.4, -0.2) is 17.6 Å². The van der Waals surface area contributed by atoms with Gasteiger partial charge in [-0.2, -0.15) is 0 Å². The molecule has 0 saturated carbocycles. The molecule has 0 aromatic heterocycles. The second-order valence-corrected chi connectivity index (χ2v) is 2.81. The van der Waals surface area contributed by atoms with Gasteiger partial charge in [0.1, 0.15) is 0 Å². The van der Waals surface area contributed by atoms with Crippen molar-refractivity contribution in [3.63, 3.8) is 0 Å². The van der Waals surface area contributed by atoms with Gasteiger partial charge < -0.3 is 10.4 Å². The van der Waals surface area contributed by atoms with Gasteiger partial charge in [0, 0.05) is 12.1 Å². The van der Waals surface area contributed by atoms with Crippen molar-refractivity contribution in [1.82, 2.24) is 5.32 Å². The summed E-state index contributed by atoms with van der Waals surface area (Å²) in [5.74, 6) is -0.101. The fourth-order valence-electron chi connectivity index (χ4n) is 1.39. The standard InChI is InChI=1S/C9H9NO2/c11-8-5-10-9(12)7-4-2-1-3-6(7)8/h1-4,8,11H,5H2,(H,10,12)/t8-/m0/s1. The van der Waals surface area contributed by atoms with E-state index in [1.165, 1.54) is 0 Å². The molecule has 0 unspecified atom stereocenters. The molecule has 2 N–H and O–H groups in total. The van der Waals surface area contributed by atoms with Crippen LogP contribution in [-0.2, 0) is 0 Å². The molecule has 1 aliphatic rings. The third kappa shape index (κ3) is 0.987. The Balaban J connectivity index is 2.55. The molecule has 1 aliphatic heterocycles. The Kier molecular flexibility index (Phi) is 1.59. The molecule has 1 heterocycles. The fraction of sp³-hybridized carbons (Fsp3) is 0.222. The number of carbonyl (C=O) groups is 1. The smallest absolute Gasteiger partial charge is 0.251 e. The molecule has 0 bridgehead atoms. The molecule has 3 nitrogen and oxygen atoms in total. The molecular weight excluding hydrogens is 154 g/mol. The molecule has 0 saturated heterocycles. The number of fused-ring (bicyclic) bond motifs is 1. The highest BCUT2D eigenvalue weighted by atomic mass is 16.3. The molecule has 1 aromatic rings. The molecule has 1 amide bonds. The van der Waals surface area contributed by atoms with E-state index in [0.717, 1.165) is 5.56 Å². The van der Waals surface area contributed by atoms with Gasteiger partial charge in [-0.05, 0) is 11.6 Å². The van der Waals surface area contributed by atoms with Gasteiger partial charge >= 0.3 is 0 Å². The number of amides is 1. The van der Waals surface area contributed by atoms with Gasteiger partial charge in [-0.3, -0.25) is 4.79 Å². The van der Waals surface area contributed by atoms with Crippen LogP contribution in [0, 0.1) is 0 Å². The van der Waals surface area contributed by atoms with Crippen LogP contribution >= 0.6 is 0 Å². The zero-order valence-electron chi connectivity index (χ0n) is 6.45. The number of rotatable bonds is 0. The first-order chi connectivity index (χ1) is 5.79. The number of carbonyl (C=O) groups excluding carboxylic acids is 1. The lowest BCUT2D eigenvalue weighted by Gasteiger charge is -2.20. The molecule has 0 spiro atoms. The summed E-state index contributed by atoms with van der Waals surface area (Å²) in [6, 6.07) is 7.10. The van der Waals surface area contributed by atoms with E-state index in [9.17, 15) is 9.90 Å². The fourth-order valence-corrected chi connectivity index (χ4v) is 1.39. The zero-order chi connectivity index (χ0) is 8.55. The van der Waals surface area contributed by atoms with Crippen molar-refractivity contribution in [2.75, 3.05) is 6.54 Å². The summed E-state index contributed by atoms with van der Waals surface area (Å²) >= 11 is 0. The summed E-state index contributed by atoms with van der Waals surface area (Å²) in [5.41, 5.74) is 1.30. The summed E-state index contributed by atoms with van der Waals surface area (Å²) in [6.45, 7) is 0.315. The van der Waals surface area contributed by atoms with E-state index in [-0.39, 0.29) is 5.91 Å². The Morgan fingerprint density at radius 1 is 1.42 bits per heavy atom. The van der Waals surface area contributed by atoms with Crippen molar-refractivity contribution in [3.8, 4) is 0 Å². The van der Waals surface area contributed by atoms with Crippen LogP contribution in [0.4, 0.5) is 0 Å². The van der Waals surface area contributed by atoms with Gasteiger partial charge in [0.2, 0.25) is 0 Å². The number of aliphatic hydroxyl groups is 1. The highest BCUT2D eigenvalue weighted by Crippen LogP contribution is 2.20. The predicted molar refractivity (Wildman–Crippen MR) is 43.7 cm³/mol. The quantitative estimate of drug-likeness (QED) is 0.584. The summed E-state index contributed by atoms with van der Waals surface area (Å²) in [5, 5.41) is 12.1. The second kappa shape index (κ2) is 2.60. The second-order valence-electron chi connectivity index (χ2n) is 2.81. The molecule has 1 aromatic carbocycles. The topological polar surface area (TPSA) is 49.3 Å². The van der Waals surface area contributed by atoms with E-state index in [2.05, 4.69) is 5.32 Å². The molecular formula is C9H9NO2. The number of aliphatic hydroxyl groups excluding tert-OH is 1. The number of benzene rings is 1. The molecule has 12 heavy (non-hydrogen) atoms. The van der Waals surface area contributed by atoms with E-state index in [0.29, 0.717) is 12.1 Å². The van der Waals surface area contributed by atoms with Crippen molar-refractivity contribution in [3.05, 3.63) is 35.4 Å². The Labute approximate surface area is 70.0 Å². The average molecular weight is 163 g/mol. The van der Waals surface area contributed by atoms with Crippen molar-refractivity contribution >= 4 is 5.91 Å². The highest BCUT2D eigenvalue weighted by molar-refractivity contribution is 5.96. The van der Waals surface area contributed by atoms with Crippen molar-refractivity contribution in [1.29, 1.82) is 0 Å². The van der Waals surface area contributed by atoms with Crippen LogP contribution in [0.3, 0.4) is 0 Å². The van der Waals surface area contributed by atoms with E-state index in [1.54, 1.807) is 18.2 Å². The van der Waals surface area contributed by atoms with Gasteiger partial charge in [0.15, 0.2) is 0 Å². The Hall–Kier alpha value is -1.35. The van der Waals surface area contributed by atoms with Gasteiger partial charge in [0.25, 0.3) is 5.91 Å². The van der Waals surface area contributed by atoms with Crippen LogP contribution < -0.4 is 5.32 Å². The predicted octanol–water partition coefficient (Wildman–Crippen LogP) is 0.463. The monoisotopic (exact) mass is 163 g/mol. The highest BCUT2D eigenvalue weighted by Gasteiger charge is 2.22. The number of hydrogen-bond donors (Lipinski definition) is 2. The molecule has 1 atom stereocenters. The number of nitrogens with one attached hydrogen (secondary N) is 1. The maximum atomic E-state index is 11.2. The lowest BCUT2D eigenvalue weighted by atomic mass is 9.98. The van der Waals surface area contributed by atoms with E-state index in [4.69, 9.17) is 0 Å². The Morgan fingerprint density at radius 3 is 2.92 bits per heavy atom. The largest absolute Gasteiger partial charge is 0.387 e. The van der Waals surface area contributed by atoms with E-state index >= 15 is 0 Å². The van der Waals surface area contributed by atoms with Crippen molar-refractivity contribution in [2.24, 2.45) is 0 Å². The van der Waals surface area contributed by atoms with Crippen LogP contribution in [0.25, 0.3) is 0 Å². The lowest BCUT2D eigenvalue weighted by Crippen LogP contribution is -2.34. The maximum absolute atomic E-state index is 11.2. The van der Waals surface area contributed by atoms with Crippen LogP contribution in [0.2, 0.25) is 0 Å². The number of β-amino-alcohol motifs (C(OH)–C–C–N with tert-alkyl or cyclic N) is 1. The average Bonchev–Trinajstić information content (AvgIpc) is 2.12. The Morgan fingerprint density at radius 2 is 2.17 bits per heavy atom.